The minimum absolute atomic E-state index is 0.141. The van der Waals surface area contributed by atoms with Crippen molar-refractivity contribution in [1.29, 1.82) is 0 Å². The number of halogens is 1. The molecular formula is C16H14ClNO3. The second-order valence-corrected chi connectivity index (χ2v) is 5.65. The van der Waals surface area contributed by atoms with E-state index >= 15 is 0 Å². The maximum atomic E-state index is 10.7. The average molecular weight is 304 g/mol. The molecule has 108 valence electrons. The first kappa shape index (κ1) is 13.0. The molecule has 4 nitrogen and oxygen atoms in total. The van der Waals surface area contributed by atoms with Crippen molar-refractivity contribution in [2.24, 2.45) is 0 Å². The van der Waals surface area contributed by atoms with Crippen LogP contribution in [0.25, 0.3) is 0 Å². The number of hydrogen-bond donors (Lipinski definition) is 2. The van der Waals surface area contributed by atoms with Gasteiger partial charge in [0.2, 0.25) is 6.79 Å². The van der Waals surface area contributed by atoms with E-state index < -0.39 is 6.10 Å². The molecule has 0 spiro atoms. The van der Waals surface area contributed by atoms with Gasteiger partial charge in [0.25, 0.3) is 0 Å². The summed E-state index contributed by atoms with van der Waals surface area (Å²) in [4.78, 5) is 0. The van der Waals surface area contributed by atoms with Gasteiger partial charge in [-0.05, 0) is 28.8 Å². The standard InChI is InChI=1S/C16H14ClNO3/c17-12-5-10(6-13-16(12)21-8-20-13)15(19)14-11-4-2-1-3-9(11)7-18-14/h1-6,14-15,18-19H,7-8H2. The van der Waals surface area contributed by atoms with Crippen LogP contribution >= 0.6 is 11.6 Å². The summed E-state index contributed by atoms with van der Waals surface area (Å²) in [7, 11) is 0. The topological polar surface area (TPSA) is 50.7 Å². The molecule has 5 heteroatoms. The second-order valence-electron chi connectivity index (χ2n) is 5.24. The molecule has 2 aromatic carbocycles. The van der Waals surface area contributed by atoms with E-state index in [2.05, 4.69) is 11.4 Å². The van der Waals surface area contributed by atoms with Gasteiger partial charge < -0.3 is 19.9 Å². The van der Waals surface area contributed by atoms with Crippen molar-refractivity contribution in [3.8, 4) is 11.5 Å². The molecule has 0 radical (unpaired) electrons. The number of rotatable bonds is 2. The van der Waals surface area contributed by atoms with Crippen LogP contribution in [-0.2, 0) is 6.54 Å². The molecule has 0 bridgehead atoms. The fourth-order valence-electron chi connectivity index (χ4n) is 2.96. The molecule has 2 aromatic rings. The quantitative estimate of drug-likeness (QED) is 0.895. The summed E-state index contributed by atoms with van der Waals surface area (Å²) >= 11 is 6.19. The van der Waals surface area contributed by atoms with Crippen molar-refractivity contribution in [3.63, 3.8) is 0 Å². The van der Waals surface area contributed by atoms with Gasteiger partial charge >= 0.3 is 0 Å². The zero-order valence-electron chi connectivity index (χ0n) is 11.2. The molecule has 0 aliphatic carbocycles. The van der Waals surface area contributed by atoms with Crippen LogP contribution in [0.2, 0.25) is 5.02 Å². The van der Waals surface area contributed by atoms with Gasteiger partial charge in [-0.3, -0.25) is 0 Å². The molecule has 2 aliphatic heterocycles. The second kappa shape index (κ2) is 4.91. The fraction of sp³-hybridized carbons (Fsp3) is 0.250. The first-order chi connectivity index (χ1) is 10.2. The number of aliphatic hydroxyl groups excluding tert-OH is 1. The minimum atomic E-state index is -0.694. The highest BCUT2D eigenvalue weighted by atomic mass is 35.5. The molecule has 0 saturated heterocycles. The highest BCUT2D eigenvalue weighted by molar-refractivity contribution is 6.32. The van der Waals surface area contributed by atoms with Crippen LogP contribution in [0.4, 0.5) is 0 Å². The van der Waals surface area contributed by atoms with E-state index in [4.69, 9.17) is 21.1 Å². The first-order valence-corrected chi connectivity index (χ1v) is 7.20. The fourth-order valence-corrected chi connectivity index (χ4v) is 3.23. The molecule has 0 amide bonds. The monoisotopic (exact) mass is 303 g/mol. The molecule has 2 aliphatic rings. The normalized spacial score (nSPS) is 20.4. The van der Waals surface area contributed by atoms with Crippen molar-refractivity contribution >= 4 is 11.6 Å². The van der Waals surface area contributed by atoms with Crippen LogP contribution in [0.3, 0.4) is 0 Å². The summed E-state index contributed by atoms with van der Waals surface area (Å²) in [6, 6.07) is 11.5. The van der Waals surface area contributed by atoms with Crippen molar-refractivity contribution in [3.05, 3.63) is 58.1 Å². The molecule has 2 N–H and O–H groups in total. The highest BCUT2D eigenvalue weighted by Gasteiger charge is 2.30. The van der Waals surface area contributed by atoms with Crippen molar-refractivity contribution in [1.82, 2.24) is 5.32 Å². The van der Waals surface area contributed by atoms with E-state index in [0.717, 1.165) is 17.7 Å². The molecule has 2 unspecified atom stereocenters. The third-order valence-corrected chi connectivity index (χ3v) is 4.29. The van der Waals surface area contributed by atoms with Gasteiger partial charge in [-0.15, -0.1) is 0 Å². The van der Waals surface area contributed by atoms with Crippen LogP contribution in [-0.4, -0.2) is 11.9 Å². The smallest absolute Gasteiger partial charge is 0.231 e. The predicted octanol–water partition coefficient (Wildman–Crippen LogP) is 2.95. The zero-order valence-corrected chi connectivity index (χ0v) is 11.9. The Hall–Kier alpha value is -1.75. The Morgan fingerprint density at radius 3 is 3.00 bits per heavy atom. The third-order valence-electron chi connectivity index (χ3n) is 4.01. The Bertz CT molecular complexity index is 704. The maximum Gasteiger partial charge on any atom is 0.231 e. The third kappa shape index (κ3) is 2.07. The Labute approximate surface area is 127 Å². The number of hydrogen-bond acceptors (Lipinski definition) is 4. The van der Waals surface area contributed by atoms with Crippen LogP contribution < -0.4 is 14.8 Å². The Morgan fingerprint density at radius 2 is 2.10 bits per heavy atom. The van der Waals surface area contributed by atoms with Crippen molar-refractivity contribution in [2.45, 2.75) is 18.7 Å². The van der Waals surface area contributed by atoms with Gasteiger partial charge in [0.05, 0.1) is 17.2 Å². The van der Waals surface area contributed by atoms with Gasteiger partial charge in [-0.1, -0.05) is 35.9 Å². The minimum Gasteiger partial charge on any atom is -0.454 e. The Morgan fingerprint density at radius 1 is 1.24 bits per heavy atom. The lowest BCUT2D eigenvalue weighted by molar-refractivity contribution is 0.133. The van der Waals surface area contributed by atoms with E-state index in [1.54, 1.807) is 12.1 Å². The summed E-state index contributed by atoms with van der Waals surface area (Å²) in [5, 5.41) is 14.5. The van der Waals surface area contributed by atoms with Crippen molar-refractivity contribution in [2.75, 3.05) is 6.79 Å². The molecule has 0 saturated carbocycles. The van der Waals surface area contributed by atoms with Gasteiger partial charge in [0.15, 0.2) is 11.5 Å². The number of fused-ring (bicyclic) bond motifs is 2. The van der Waals surface area contributed by atoms with Crippen LogP contribution in [0, 0.1) is 0 Å². The van der Waals surface area contributed by atoms with Crippen LogP contribution in [0.1, 0.15) is 28.8 Å². The Kier molecular flexibility index (Phi) is 3.03. The number of aliphatic hydroxyl groups is 1. The lowest BCUT2D eigenvalue weighted by Crippen LogP contribution is -2.20. The number of nitrogens with one attached hydrogen (secondary N) is 1. The average Bonchev–Trinajstić information content (AvgIpc) is 3.13. The molecule has 0 fully saturated rings. The molecule has 2 heterocycles. The van der Waals surface area contributed by atoms with E-state index in [-0.39, 0.29) is 12.8 Å². The molecule has 21 heavy (non-hydrogen) atoms. The maximum absolute atomic E-state index is 10.7. The first-order valence-electron chi connectivity index (χ1n) is 6.82. The SMILES string of the molecule is OC(c1cc(Cl)c2c(c1)OCO2)C1NCc2ccccc21. The van der Waals surface area contributed by atoms with Crippen LogP contribution in [0.5, 0.6) is 11.5 Å². The lowest BCUT2D eigenvalue weighted by Gasteiger charge is -2.20. The Balaban J connectivity index is 1.70. The van der Waals surface area contributed by atoms with E-state index in [0.29, 0.717) is 16.5 Å². The van der Waals surface area contributed by atoms with E-state index in [1.165, 1.54) is 5.56 Å². The molecule has 4 rings (SSSR count). The number of ether oxygens (including phenoxy) is 2. The molecule has 0 aromatic heterocycles. The van der Waals surface area contributed by atoms with Gasteiger partial charge in [0, 0.05) is 6.54 Å². The summed E-state index contributed by atoms with van der Waals surface area (Å²) < 4.78 is 10.7. The highest BCUT2D eigenvalue weighted by Crippen LogP contribution is 2.43. The van der Waals surface area contributed by atoms with E-state index in [9.17, 15) is 5.11 Å². The summed E-state index contributed by atoms with van der Waals surface area (Å²) in [5.41, 5.74) is 3.06. The van der Waals surface area contributed by atoms with Gasteiger partial charge in [-0.25, -0.2) is 0 Å². The largest absolute Gasteiger partial charge is 0.454 e. The molecule has 2 atom stereocenters. The van der Waals surface area contributed by atoms with Crippen LogP contribution in [0.15, 0.2) is 36.4 Å². The zero-order chi connectivity index (χ0) is 14.4. The summed E-state index contributed by atoms with van der Waals surface area (Å²) in [6.07, 6.45) is -0.694. The summed E-state index contributed by atoms with van der Waals surface area (Å²) in [6.45, 7) is 0.926. The predicted molar refractivity (Wildman–Crippen MR) is 78.6 cm³/mol. The van der Waals surface area contributed by atoms with Gasteiger partial charge in [-0.2, -0.15) is 0 Å². The van der Waals surface area contributed by atoms with Crippen molar-refractivity contribution < 1.29 is 14.6 Å². The molecular weight excluding hydrogens is 290 g/mol. The van der Waals surface area contributed by atoms with Gasteiger partial charge in [0.1, 0.15) is 0 Å². The lowest BCUT2D eigenvalue weighted by atomic mass is 9.95. The number of benzene rings is 2. The van der Waals surface area contributed by atoms with E-state index in [1.807, 2.05) is 18.2 Å². The summed E-state index contributed by atoms with van der Waals surface area (Å²) in [5.74, 6) is 1.13.